The number of benzene rings is 2. The van der Waals surface area contributed by atoms with Gasteiger partial charge in [0.15, 0.2) is 11.6 Å². The van der Waals surface area contributed by atoms with Gasteiger partial charge in [-0.2, -0.15) is 0 Å². The minimum atomic E-state index is -0.109. The number of aliphatic hydroxyl groups is 1. The first kappa shape index (κ1) is 20.9. The molecule has 0 fully saturated rings. The van der Waals surface area contributed by atoms with Crippen LogP contribution in [-0.2, 0) is 11.2 Å². The molecule has 4 heteroatoms. The monoisotopic (exact) mass is 390 g/mol. The van der Waals surface area contributed by atoms with Crippen molar-refractivity contribution in [2.45, 2.75) is 39.0 Å². The molecular weight excluding hydrogens is 364 g/mol. The van der Waals surface area contributed by atoms with Gasteiger partial charge in [0.25, 0.3) is 0 Å². The molecule has 1 aliphatic rings. The van der Waals surface area contributed by atoms with E-state index in [-0.39, 0.29) is 29.9 Å². The number of allylic oxidation sites excluding steroid dienone is 2. The highest BCUT2D eigenvalue weighted by Crippen LogP contribution is 2.29. The van der Waals surface area contributed by atoms with Crippen LogP contribution in [0.25, 0.3) is 0 Å². The fraction of sp³-hybridized carbons (Fsp3) is 0.320. The van der Waals surface area contributed by atoms with Crippen LogP contribution in [0.15, 0.2) is 65.7 Å². The normalized spacial score (nSPS) is 14.7. The highest BCUT2D eigenvalue weighted by atomic mass is 16.3. The fourth-order valence-electron chi connectivity index (χ4n) is 3.89. The molecule has 0 saturated heterocycles. The second kappa shape index (κ2) is 9.57. The van der Waals surface area contributed by atoms with Gasteiger partial charge in [0.2, 0.25) is 0 Å². The number of rotatable bonds is 9. The largest absolute Gasteiger partial charge is 0.396 e. The average Bonchev–Trinajstić information content (AvgIpc) is 2.74. The molecule has 150 valence electrons. The highest BCUT2D eigenvalue weighted by Gasteiger charge is 2.29. The van der Waals surface area contributed by atoms with Crippen molar-refractivity contribution in [3.63, 3.8) is 0 Å². The SMILES string of the molecule is CC1=C(CCCC(=O)C[C@H](CO)Cc2ccccc2)C(=O)c2ccccc2C1=O. The number of ketones is 3. The molecule has 0 aromatic heterocycles. The summed E-state index contributed by atoms with van der Waals surface area (Å²) >= 11 is 0. The van der Waals surface area contributed by atoms with Gasteiger partial charge in [-0.05, 0) is 37.7 Å². The summed E-state index contributed by atoms with van der Waals surface area (Å²) in [6.45, 7) is 1.66. The van der Waals surface area contributed by atoms with Crippen molar-refractivity contribution in [3.8, 4) is 0 Å². The number of carbonyl (C=O) groups is 3. The molecule has 1 aliphatic carbocycles. The average molecular weight is 390 g/mol. The van der Waals surface area contributed by atoms with Crippen LogP contribution in [0.1, 0.15) is 58.9 Å². The van der Waals surface area contributed by atoms with E-state index in [2.05, 4.69) is 0 Å². The Labute approximate surface area is 171 Å². The van der Waals surface area contributed by atoms with Crippen LogP contribution in [0.5, 0.6) is 0 Å². The van der Waals surface area contributed by atoms with E-state index in [1.165, 1.54) is 0 Å². The zero-order chi connectivity index (χ0) is 20.8. The molecule has 2 aromatic carbocycles. The van der Waals surface area contributed by atoms with Gasteiger partial charge in [0.05, 0.1) is 0 Å². The van der Waals surface area contributed by atoms with Crippen molar-refractivity contribution < 1.29 is 19.5 Å². The minimum absolute atomic E-state index is 0.0331. The van der Waals surface area contributed by atoms with E-state index in [9.17, 15) is 19.5 Å². The van der Waals surface area contributed by atoms with Crippen LogP contribution >= 0.6 is 0 Å². The van der Waals surface area contributed by atoms with Crippen LogP contribution < -0.4 is 0 Å². The molecule has 0 unspecified atom stereocenters. The molecule has 0 amide bonds. The van der Waals surface area contributed by atoms with E-state index in [1.54, 1.807) is 31.2 Å². The number of carbonyl (C=O) groups excluding carboxylic acids is 3. The van der Waals surface area contributed by atoms with E-state index in [4.69, 9.17) is 0 Å². The molecule has 0 spiro atoms. The van der Waals surface area contributed by atoms with Gasteiger partial charge in [-0.1, -0.05) is 54.6 Å². The predicted molar refractivity (Wildman–Crippen MR) is 112 cm³/mol. The summed E-state index contributed by atoms with van der Waals surface area (Å²) in [5, 5.41) is 9.62. The molecular formula is C25H26O4. The zero-order valence-corrected chi connectivity index (χ0v) is 16.7. The molecule has 0 heterocycles. The van der Waals surface area contributed by atoms with E-state index in [1.807, 2.05) is 30.3 Å². The maximum atomic E-state index is 12.7. The van der Waals surface area contributed by atoms with Crippen molar-refractivity contribution in [1.82, 2.24) is 0 Å². The van der Waals surface area contributed by atoms with E-state index < -0.39 is 0 Å². The molecule has 0 radical (unpaired) electrons. The summed E-state index contributed by atoms with van der Waals surface area (Å²) in [5.41, 5.74) is 3.02. The Balaban J connectivity index is 1.55. The van der Waals surface area contributed by atoms with E-state index in [0.29, 0.717) is 54.4 Å². The standard InChI is InChI=1S/C25H26O4/c1-17-21(25(29)23-12-6-5-11-22(23)24(17)28)13-7-10-20(27)15-19(16-26)14-18-8-3-2-4-9-18/h2-6,8-9,11-12,19,26H,7,10,13-16H2,1H3/t19-/m1/s1. The van der Waals surface area contributed by atoms with Gasteiger partial charge in [0, 0.05) is 41.7 Å². The third-order valence-electron chi connectivity index (χ3n) is 5.51. The van der Waals surface area contributed by atoms with Gasteiger partial charge >= 0.3 is 0 Å². The summed E-state index contributed by atoms with van der Waals surface area (Å²) in [7, 11) is 0. The third-order valence-corrected chi connectivity index (χ3v) is 5.51. The van der Waals surface area contributed by atoms with Crippen LogP contribution in [0.2, 0.25) is 0 Å². The lowest BCUT2D eigenvalue weighted by molar-refractivity contribution is -0.120. The maximum Gasteiger partial charge on any atom is 0.190 e. The van der Waals surface area contributed by atoms with Crippen molar-refractivity contribution in [3.05, 3.63) is 82.4 Å². The third kappa shape index (κ3) is 4.96. The zero-order valence-electron chi connectivity index (χ0n) is 16.7. The summed E-state index contributed by atoms with van der Waals surface area (Å²) in [6.07, 6.45) is 2.26. The molecule has 4 nitrogen and oxygen atoms in total. The molecule has 1 N–H and O–H groups in total. The van der Waals surface area contributed by atoms with Crippen LogP contribution in [0.3, 0.4) is 0 Å². The Morgan fingerprint density at radius 1 is 0.931 bits per heavy atom. The van der Waals surface area contributed by atoms with E-state index >= 15 is 0 Å². The van der Waals surface area contributed by atoms with Crippen LogP contribution in [0, 0.1) is 5.92 Å². The first-order valence-corrected chi connectivity index (χ1v) is 10.1. The Kier molecular flexibility index (Phi) is 6.89. The number of aliphatic hydroxyl groups excluding tert-OH is 1. The summed E-state index contributed by atoms with van der Waals surface area (Å²) in [5.74, 6) is -0.240. The van der Waals surface area contributed by atoms with Crippen molar-refractivity contribution in [2.24, 2.45) is 5.92 Å². The molecule has 29 heavy (non-hydrogen) atoms. The second-order valence-corrected chi connectivity index (χ2v) is 7.64. The van der Waals surface area contributed by atoms with Gasteiger partial charge in [-0.25, -0.2) is 0 Å². The van der Waals surface area contributed by atoms with Gasteiger partial charge in [-0.15, -0.1) is 0 Å². The predicted octanol–water partition coefficient (Wildman–Crippen LogP) is 4.36. The Bertz CT molecular complexity index is 940. The maximum absolute atomic E-state index is 12.7. The summed E-state index contributed by atoms with van der Waals surface area (Å²) in [4.78, 5) is 37.7. The van der Waals surface area contributed by atoms with Crippen LogP contribution in [0.4, 0.5) is 0 Å². The van der Waals surface area contributed by atoms with Gasteiger partial charge in [0.1, 0.15) is 5.78 Å². The number of hydrogen-bond acceptors (Lipinski definition) is 4. The fourth-order valence-corrected chi connectivity index (χ4v) is 3.89. The topological polar surface area (TPSA) is 71.4 Å². The Morgan fingerprint density at radius 3 is 2.21 bits per heavy atom. The van der Waals surface area contributed by atoms with E-state index in [0.717, 1.165) is 5.56 Å². The van der Waals surface area contributed by atoms with Crippen molar-refractivity contribution >= 4 is 17.3 Å². The number of hydrogen-bond donors (Lipinski definition) is 1. The van der Waals surface area contributed by atoms with Gasteiger partial charge in [-0.3, -0.25) is 14.4 Å². The first-order valence-electron chi connectivity index (χ1n) is 10.1. The van der Waals surface area contributed by atoms with Crippen LogP contribution in [-0.4, -0.2) is 29.1 Å². The molecule has 0 saturated carbocycles. The smallest absolute Gasteiger partial charge is 0.190 e. The second-order valence-electron chi connectivity index (χ2n) is 7.64. The highest BCUT2D eigenvalue weighted by molar-refractivity contribution is 6.26. The molecule has 0 aliphatic heterocycles. The lowest BCUT2D eigenvalue weighted by Gasteiger charge is -2.19. The van der Waals surface area contributed by atoms with Gasteiger partial charge < -0.3 is 5.11 Å². The first-order chi connectivity index (χ1) is 14.0. The molecule has 0 bridgehead atoms. The molecule has 3 rings (SSSR count). The Hall–Kier alpha value is -2.85. The number of Topliss-reactive ketones (excluding diaryl/α,β-unsaturated/α-hetero) is 3. The number of fused-ring (bicyclic) bond motifs is 1. The van der Waals surface area contributed by atoms with Crippen molar-refractivity contribution in [2.75, 3.05) is 6.61 Å². The minimum Gasteiger partial charge on any atom is -0.396 e. The summed E-state index contributed by atoms with van der Waals surface area (Å²) < 4.78 is 0. The summed E-state index contributed by atoms with van der Waals surface area (Å²) in [6, 6.07) is 16.7. The molecule has 1 atom stereocenters. The lowest BCUT2D eigenvalue weighted by Crippen LogP contribution is -2.21. The molecule has 2 aromatic rings. The quantitative estimate of drug-likeness (QED) is 0.690. The van der Waals surface area contributed by atoms with Crippen molar-refractivity contribution in [1.29, 1.82) is 0 Å². The lowest BCUT2D eigenvalue weighted by atomic mass is 9.82. The Morgan fingerprint density at radius 2 is 1.55 bits per heavy atom.